The second kappa shape index (κ2) is 4.53. The standard InChI is InChI=1S/C14H12O5/c1-7-9(3-2-4-10(7)15)13(18)8-5-11(16)14(19)12(17)6-8/h2-6,15-17,19H,1H3. The summed E-state index contributed by atoms with van der Waals surface area (Å²) in [6.07, 6.45) is 0. The maximum absolute atomic E-state index is 12.2. The van der Waals surface area contributed by atoms with E-state index in [1.54, 1.807) is 6.92 Å². The highest BCUT2D eigenvalue weighted by Crippen LogP contribution is 2.36. The molecular weight excluding hydrogens is 248 g/mol. The number of rotatable bonds is 2. The van der Waals surface area contributed by atoms with Crippen molar-refractivity contribution >= 4 is 5.78 Å². The summed E-state index contributed by atoms with van der Waals surface area (Å²) in [4.78, 5) is 12.2. The zero-order valence-electron chi connectivity index (χ0n) is 10.1. The normalized spacial score (nSPS) is 10.4. The van der Waals surface area contributed by atoms with Crippen molar-refractivity contribution in [2.24, 2.45) is 0 Å². The molecule has 0 radical (unpaired) electrons. The van der Waals surface area contributed by atoms with Crippen molar-refractivity contribution in [1.82, 2.24) is 0 Å². The molecule has 0 bridgehead atoms. The number of aromatic hydroxyl groups is 4. The molecular formula is C14H12O5. The van der Waals surface area contributed by atoms with Gasteiger partial charge in [-0.05, 0) is 25.1 Å². The monoisotopic (exact) mass is 260 g/mol. The third-order valence-corrected chi connectivity index (χ3v) is 2.88. The summed E-state index contributed by atoms with van der Waals surface area (Å²) in [6, 6.07) is 6.62. The van der Waals surface area contributed by atoms with Crippen LogP contribution in [0.4, 0.5) is 0 Å². The molecule has 5 nitrogen and oxygen atoms in total. The summed E-state index contributed by atoms with van der Waals surface area (Å²) >= 11 is 0. The average molecular weight is 260 g/mol. The Morgan fingerprint density at radius 2 is 1.53 bits per heavy atom. The summed E-state index contributed by atoms with van der Waals surface area (Å²) in [6.45, 7) is 1.59. The van der Waals surface area contributed by atoms with E-state index < -0.39 is 23.0 Å². The van der Waals surface area contributed by atoms with Crippen molar-refractivity contribution in [1.29, 1.82) is 0 Å². The van der Waals surface area contributed by atoms with Crippen LogP contribution in [0, 0.1) is 6.92 Å². The van der Waals surface area contributed by atoms with Crippen molar-refractivity contribution in [2.45, 2.75) is 6.92 Å². The maximum atomic E-state index is 12.2. The Morgan fingerprint density at radius 1 is 0.947 bits per heavy atom. The summed E-state index contributed by atoms with van der Waals surface area (Å²) in [5, 5.41) is 37.6. The Bertz CT molecular complexity index is 638. The summed E-state index contributed by atoms with van der Waals surface area (Å²) < 4.78 is 0. The predicted molar refractivity (Wildman–Crippen MR) is 67.7 cm³/mol. The first-order valence-corrected chi connectivity index (χ1v) is 5.50. The molecule has 98 valence electrons. The van der Waals surface area contributed by atoms with Crippen LogP contribution in [0.2, 0.25) is 0 Å². The van der Waals surface area contributed by atoms with Crippen molar-refractivity contribution in [2.75, 3.05) is 0 Å². The zero-order valence-corrected chi connectivity index (χ0v) is 10.1. The zero-order chi connectivity index (χ0) is 14.2. The van der Waals surface area contributed by atoms with Crippen LogP contribution in [0.5, 0.6) is 23.0 Å². The first-order valence-electron chi connectivity index (χ1n) is 5.50. The highest BCUT2D eigenvalue weighted by atomic mass is 16.3. The van der Waals surface area contributed by atoms with E-state index in [2.05, 4.69) is 0 Å². The van der Waals surface area contributed by atoms with Gasteiger partial charge in [-0.15, -0.1) is 0 Å². The smallest absolute Gasteiger partial charge is 0.200 e. The molecule has 0 heterocycles. The summed E-state index contributed by atoms with van der Waals surface area (Å²) in [5.41, 5.74) is 0.672. The number of hydrogen-bond donors (Lipinski definition) is 4. The molecule has 2 aromatic rings. The van der Waals surface area contributed by atoms with Gasteiger partial charge in [0.1, 0.15) is 5.75 Å². The number of phenols is 4. The molecule has 0 aliphatic heterocycles. The Kier molecular flexibility index (Phi) is 3.04. The third-order valence-electron chi connectivity index (χ3n) is 2.88. The van der Waals surface area contributed by atoms with E-state index >= 15 is 0 Å². The molecule has 0 fully saturated rings. The summed E-state index contributed by atoms with van der Waals surface area (Å²) in [7, 11) is 0. The number of hydrogen-bond acceptors (Lipinski definition) is 5. The van der Waals surface area contributed by atoms with Gasteiger partial charge in [0.25, 0.3) is 0 Å². The van der Waals surface area contributed by atoms with Crippen molar-refractivity contribution < 1.29 is 25.2 Å². The fraction of sp³-hybridized carbons (Fsp3) is 0.0714. The Labute approximate surface area is 109 Å². The van der Waals surface area contributed by atoms with Gasteiger partial charge < -0.3 is 20.4 Å². The molecule has 5 heteroatoms. The Morgan fingerprint density at radius 3 is 2.11 bits per heavy atom. The van der Waals surface area contributed by atoms with Crippen LogP contribution in [-0.4, -0.2) is 26.2 Å². The molecule has 2 aromatic carbocycles. The first-order chi connectivity index (χ1) is 8.91. The van der Waals surface area contributed by atoms with E-state index in [-0.39, 0.29) is 16.9 Å². The van der Waals surface area contributed by atoms with E-state index in [1.807, 2.05) is 0 Å². The number of phenolic OH excluding ortho intramolecular Hbond substituents is 4. The molecule has 0 saturated heterocycles. The second-order valence-electron chi connectivity index (χ2n) is 4.14. The molecule has 0 aliphatic rings. The van der Waals surface area contributed by atoms with Crippen LogP contribution in [0.25, 0.3) is 0 Å². The number of carbonyl (C=O) groups excluding carboxylic acids is 1. The SMILES string of the molecule is Cc1c(O)cccc1C(=O)c1cc(O)c(O)c(O)c1. The molecule has 4 N–H and O–H groups in total. The van der Waals surface area contributed by atoms with Gasteiger partial charge in [-0.2, -0.15) is 0 Å². The first kappa shape index (κ1) is 12.8. The quantitative estimate of drug-likeness (QED) is 0.489. The van der Waals surface area contributed by atoms with Crippen LogP contribution >= 0.6 is 0 Å². The van der Waals surface area contributed by atoms with E-state index in [4.69, 9.17) is 0 Å². The fourth-order valence-corrected chi connectivity index (χ4v) is 1.76. The number of benzene rings is 2. The van der Waals surface area contributed by atoms with Gasteiger partial charge in [0.15, 0.2) is 23.0 Å². The molecule has 0 atom stereocenters. The maximum Gasteiger partial charge on any atom is 0.200 e. The van der Waals surface area contributed by atoms with Crippen LogP contribution < -0.4 is 0 Å². The third kappa shape index (κ3) is 2.18. The molecule has 0 amide bonds. The lowest BCUT2D eigenvalue weighted by Gasteiger charge is -2.08. The van der Waals surface area contributed by atoms with Gasteiger partial charge >= 0.3 is 0 Å². The molecule has 2 rings (SSSR count). The van der Waals surface area contributed by atoms with E-state index in [9.17, 15) is 25.2 Å². The average Bonchev–Trinajstić information content (AvgIpc) is 2.38. The van der Waals surface area contributed by atoms with Crippen LogP contribution in [0.15, 0.2) is 30.3 Å². The van der Waals surface area contributed by atoms with Gasteiger partial charge in [-0.3, -0.25) is 4.79 Å². The minimum atomic E-state index is -0.677. The molecule has 0 spiro atoms. The lowest BCUT2D eigenvalue weighted by molar-refractivity contribution is 0.103. The van der Waals surface area contributed by atoms with Crippen molar-refractivity contribution in [3.8, 4) is 23.0 Å². The molecule has 0 aromatic heterocycles. The minimum Gasteiger partial charge on any atom is -0.508 e. The van der Waals surface area contributed by atoms with Crippen molar-refractivity contribution in [3.63, 3.8) is 0 Å². The number of carbonyl (C=O) groups is 1. The van der Waals surface area contributed by atoms with E-state index in [1.165, 1.54) is 18.2 Å². The molecule has 0 saturated carbocycles. The highest BCUT2D eigenvalue weighted by molar-refractivity contribution is 6.10. The predicted octanol–water partition coefficient (Wildman–Crippen LogP) is 2.05. The Balaban J connectivity index is 2.53. The lowest BCUT2D eigenvalue weighted by atomic mass is 9.98. The van der Waals surface area contributed by atoms with Crippen LogP contribution in [0.1, 0.15) is 21.5 Å². The topological polar surface area (TPSA) is 98.0 Å². The largest absolute Gasteiger partial charge is 0.508 e. The minimum absolute atomic E-state index is 0.0153. The van der Waals surface area contributed by atoms with Gasteiger partial charge in [0.05, 0.1) is 0 Å². The van der Waals surface area contributed by atoms with E-state index in [0.29, 0.717) is 5.56 Å². The molecule has 19 heavy (non-hydrogen) atoms. The highest BCUT2D eigenvalue weighted by Gasteiger charge is 2.17. The Hall–Kier alpha value is -2.69. The molecule has 0 aliphatic carbocycles. The van der Waals surface area contributed by atoms with Crippen LogP contribution in [-0.2, 0) is 0 Å². The van der Waals surface area contributed by atoms with Gasteiger partial charge in [-0.25, -0.2) is 0 Å². The van der Waals surface area contributed by atoms with Crippen molar-refractivity contribution in [3.05, 3.63) is 47.0 Å². The van der Waals surface area contributed by atoms with Gasteiger partial charge in [0.2, 0.25) is 0 Å². The lowest BCUT2D eigenvalue weighted by Crippen LogP contribution is -2.03. The van der Waals surface area contributed by atoms with Crippen LogP contribution in [0.3, 0.4) is 0 Å². The summed E-state index contributed by atoms with van der Waals surface area (Å²) in [5.74, 6) is -2.33. The fourth-order valence-electron chi connectivity index (χ4n) is 1.76. The van der Waals surface area contributed by atoms with E-state index in [0.717, 1.165) is 12.1 Å². The van der Waals surface area contributed by atoms with Gasteiger partial charge in [0, 0.05) is 16.7 Å². The van der Waals surface area contributed by atoms with Gasteiger partial charge in [-0.1, -0.05) is 12.1 Å². The molecule has 0 unspecified atom stereocenters. The number of ketones is 1. The second-order valence-corrected chi connectivity index (χ2v) is 4.14.